The lowest BCUT2D eigenvalue weighted by atomic mass is 10.3. The summed E-state index contributed by atoms with van der Waals surface area (Å²) in [4.78, 5) is 18.2. The van der Waals surface area contributed by atoms with Crippen LogP contribution in [0.15, 0.2) is 24.3 Å². The molecule has 1 amide bonds. The number of rotatable bonds is 4. The van der Waals surface area contributed by atoms with Crippen molar-refractivity contribution in [2.24, 2.45) is 0 Å². The number of hydrogen-bond acceptors (Lipinski definition) is 2. The molecule has 1 heterocycles. The summed E-state index contributed by atoms with van der Waals surface area (Å²) < 4.78 is 35.7. The SMILES string of the molecule is O=C(CC(F)(F)F)NCCc1nc2ccccc2[nH]1. The van der Waals surface area contributed by atoms with Gasteiger partial charge in [-0.05, 0) is 12.1 Å². The first-order valence-electron chi connectivity index (χ1n) is 5.71. The van der Waals surface area contributed by atoms with Crippen LogP contribution in [0.25, 0.3) is 11.0 Å². The van der Waals surface area contributed by atoms with E-state index in [0.29, 0.717) is 12.2 Å². The lowest BCUT2D eigenvalue weighted by molar-refractivity contribution is -0.153. The number of carbonyl (C=O) groups is 1. The molecule has 0 unspecified atom stereocenters. The van der Waals surface area contributed by atoms with Crippen LogP contribution in [-0.4, -0.2) is 28.6 Å². The Bertz CT molecular complexity index is 544. The number of nitrogens with one attached hydrogen (secondary N) is 2. The van der Waals surface area contributed by atoms with E-state index in [2.05, 4.69) is 15.3 Å². The van der Waals surface area contributed by atoms with E-state index in [4.69, 9.17) is 0 Å². The van der Waals surface area contributed by atoms with Gasteiger partial charge in [0.25, 0.3) is 0 Å². The van der Waals surface area contributed by atoms with E-state index in [1.165, 1.54) is 0 Å². The maximum Gasteiger partial charge on any atom is 0.397 e. The zero-order valence-electron chi connectivity index (χ0n) is 9.92. The number of alkyl halides is 3. The van der Waals surface area contributed by atoms with Gasteiger partial charge in [0.1, 0.15) is 12.2 Å². The van der Waals surface area contributed by atoms with E-state index in [1.807, 2.05) is 24.3 Å². The zero-order chi connectivity index (χ0) is 13.9. The van der Waals surface area contributed by atoms with Gasteiger partial charge < -0.3 is 10.3 Å². The third kappa shape index (κ3) is 3.97. The van der Waals surface area contributed by atoms with Crippen LogP contribution < -0.4 is 5.32 Å². The van der Waals surface area contributed by atoms with Gasteiger partial charge in [-0.25, -0.2) is 4.98 Å². The summed E-state index contributed by atoms with van der Waals surface area (Å²) in [5.74, 6) is -0.392. The fourth-order valence-electron chi connectivity index (χ4n) is 1.69. The molecule has 0 fully saturated rings. The van der Waals surface area contributed by atoms with Crippen molar-refractivity contribution < 1.29 is 18.0 Å². The summed E-state index contributed by atoms with van der Waals surface area (Å²) in [7, 11) is 0. The van der Waals surface area contributed by atoms with Crippen molar-refractivity contribution in [3.8, 4) is 0 Å². The minimum Gasteiger partial charge on any atom is -0.355 e. The van der Waals surface area contributed by atoms with Crippen molar-refractivity contribution in [3.63, 3.8) is 0 Å². The van der Waals surface area contributed by atoms with Gasteiger partial charge in [0.15, 0.2) is 0 Å². The lowest BCUT2D eigenvalue weighted by Gasteiger charge is -2.06. The Morgan fingerprint density at radius 1 is 1.32 bits per heavy atom. The van der Waals surface area contributed by atoms with Crippen molar-refractivity contribution in [2.75, 3.05) is 6.54 Å². The molecule has 1 aromatic carbocycles. The summed E-state index contributed by atoms with van der Waals surface area (Å²) >= 11 is 0. The first-order chi connectivity index (χ1) is 8.94. The van der Waals surface area contributed by atoms with Gasteiger partial charge in [-0.3, -0.25) is 4.79 Å². The molecule has 2 aromatic rings. The van der Waals surface area contributed by atoms with Crippen LogP contribution in [0.5, 0.6) is 0 Å². The number of benzene rings is 1. The lowest BCUT2D eigenvalue weighted by Crippen LogP contribution is -2.30. The summed E-state index contributed by atoms with van der Waals surface area (Å²) in [5.41, 5.74) is 1.65. The Hall–Kier alpha value is -2.05. The normalized spacial score (nSPS) is 11.7. The third-order valence-electron chi connectivity index (χ3n) is 2.48. The minimum atomic E-state index is -4.47. The minimum absolute atomic E-state index is 0.120. The molecule has 1 aromatic heterocycles. The number of hydrogen-bond donors (Lipinski definition) is 2. The largest absolute Gasteiger partial charge is 0.397 e. The number of halogens is 3. The van der Waals surface area contributed by atoms with Gasteiger partial charge in [-0.2, -0.15) is 13.2 Å². The number of fused-ring (bicyclic) bond motifs is 1. The highest BCUT2D eigenvalue weighted by molar-refractivity contribution is 5.76. The number of H-pyrrole nitrogens is 1. The van der Waals surface area contributed by atoms with Gasteiger partial charge in [-0.15, -0.1) is 0 Å². The molecule has 0 bridgehead atoms. The molecule has 0 aliphatic carbocycles. The maximum atomic E-state index is 11.9. The maximum absolute atomic E-state index is 11.9. The van der Waals surface area contributed by atoms with E-state index in [9.17, 15) is 18.0 Å². The molecule has 0 aliphatic heterocycles. The van der Waals surface area contributed by atoms with Crippen LogP contribution in [0.1, 0.15) is 12.2 Å². The van der Waals surface area contributed by atoms with Crippen molar-refractivity contribution >= 4 is 16.9 Å². The fourth-order valence-corrected chi connectivity index (χ4v) is 1.69. The van der Waals surface area contributed by atoms with E-state index in [1.54, 1.807) is 0 Å². The molecule has 4 nitrogen and oxygen atoms in total. The Morgan fingerprint density at radius 3 is 2.74 bits per heavy atom. The van der Waals surface area contributed by atoms with E-state index in [0.717, 1.165) is 11.0 Å². The number of carbonyl (C=O) groups excluding carboxylic acids is 1. The van der Waals surface area contributed by atoms with Crippen LogP contribution in [0.4, 0.5) is 13.2 Å². The monoisotopic (exact) mass is 271 g/mol. The van der Waals surface area contributed by atoms with Crippen molar-refractivity contribution in [1.82, 2.24) is 15.3 Å². The second-order valence-corrected chi connectivity index (χ2v) is 4.09. The second kappa shape index (κ2) is 5.29. The van der Waals surface area contributed by atoms with Crippen molar-refractivity contribution in [3.05, 3.63) is 30.1 Å². The van der Waals surface area contributed by atoms with Crippen LogP contribution >= 0.6 is 0 Å². The molecule has 102 valence electrons. The van der Waals surface area contributed by atoms with Gasteiger partial charge in [0.2, 0.25) is 5.91 Å². The van der Waals surface area contributed by atoms with E-state index in [-0.39, 0.29) is 6.54 Å². The van der Waals surface area contributed by atoms with Crippen LogP contribution in [0.2, 0.25) is 0 Å². The molecule has 2 rings (SSSR count). The zero-order valence-corrected chi connectivity index (χ0v) is 9.92. The number of nitrogens with zero attached hydrogens (tertiary/aromatic N) is 1. The molecule has 0 atom stereocenters. The molecule has 0 saturated carbocycles. The summed E-state index contributed by atoms with van der Waals surface area (Å²) in [6, 6.07) is 7.39. The average molecular weight is 271 g/mol. The van der Waals surface area contributed by atoms with Crippen molar-refractivity contribution in [2.45, 2.75) is 19.0 Å². The Balaban J connectivity index is 1.84. The Kier molecular flexibility index (Phi) is 3.73. The molecular weight excluding hydrogens is 259 g/mol. The molecule has 0 radical (unpaired) electrons. The van der Waals surface area contributed by atoms with E-state index < -0.39 is 18.5 Å². The molecule has 0 saturated heterocycles. The number of imidazole rings is 1. The Labute approximate surface area is 107 Å². The number of para-hydroxylation sites is 2. The summed E-state index contributed by atoms with van der Waals surface area (Å²) in [5, 5.41) is 2.21. The molecule has 0 aliphatic rings. The second-order valence-electron chi connectivity index (χ2n) is 4.09. The van der Waals surface area contributed by atoms with Gasteiger partial charge in [-0.1, -0.05) is 12.1 Å². The quantitative estimate of drug-likeness (QED) is 0.895. The molecule has 7 heteroatoms. The number of amides is 1. The highest BCUT2D eigenvalue weighted by Crippen LogP contribution is 2.18. The number of aromatic nitrogens is 2. The molecule has 2 N–H and O–H groups in total. The predicted octanol–water partition coefficient (Wildman–Crippen LogP) is 2.17. The number of aromatic amines is 1. The smallest absolute Gasteiger partial charge is 0.355 e. The summed E-state index contributed by atoms with van der Waals surface area (Å²) in [6.45, 7) is 0.120. The summed E-state index contributed by atoms with van der Waals surface area (Å²) in [6.07, 6.45) is -5.56. The van der Waals surface area contributed by atoms with Gasteiger partial charge in [0.05, 0.1) is 11.0 Å². The van der Waals surface area contributed by atoms with Crippen LogP contribution in [0, 0.1) is 0 Å². The highest BCUT2D eigenvalue weighted by atomic mass is 19.4. The predicted molar refractivity (Wildman–Crippen MR) is 63.5 cm³/mol. The van der Waals surface area contributed by atoms with Gasteiger partial charge >= 0.3 is 6.18 Å². The Morgan fingerprint density at radius 2 is 2.05 bits per heavy atom. The first kappa shape index (κ1) is 13.4. The fraction of sp³-hybridized carbons (Fsp3) is 0.333. The van der Waals surface area contributed by atoms with Crippen molar-refractivity contribution in [1.29, 1.82) is 0 Å². The first-order valence-corrected chi connectivity index (χ1v) is 5.71. The standard InChI is InChI=1S/C12H12F3N3O/c13-12(14,15)7-11(19)16-6-5-10-17-8-3-1-2-4-9(8)18-10/h1-4H,5-7H2,(H,16,19)(H,17,18). The molecular formula is C12H12F3N3O. The molecule has 19 heavy (non-hydrogen) atoms. The molecule has 0 spiro atoms. The topological polar surface area (TPSA) is 57.8 Å². The highest BCUT2D eigenvalue weighted by Gasteiger charge is 2.30. The van der Waals surface area contributed by atoms with Crippen LogP contribution in [-0.2, 0) is 11.2 Å². The van der Waals surface area contributed by atoms with Gasteiger partial charge in [0, 0.05) is 13.0 Å². The van der Waals surface area contributed by atoms with E-state index >= 15 is 0 Å². The van der Waals surface area contributed by atoms with Crippen LogP contribution in [0.3, 0.4) is 0 Å². The average Bonchev–Trinajstić information content (AvgIpc) is 2.68. The third-order valence-corrected chi connectivity index (χ3v) is 2.48.